The third-order valence-corrected chi connectivity index (χ3v) is 4.62. The predicted octanol–water partition coefficient (Wildman–Crippen LogP) is 4.92. The van der Waals surface area contributed by atoms with Crippen LogP contribution >= 0.6 is 15.9 Å². The first kappa shape index (κ1) is 18.1. The summed E-state index contributed by atoms with van der Waals surface area (Å²) in [7, 11) is 0. The minimum absolute atomic E-state index is 0.283. The maximum Gasteiger partial charge on any atom is 0.319 e. The third-order valence-electron chi connectivity index (χ3n) is 3.73. The standard InChI is InChI=1S/C19H17BrFN3O2/c1-12-10-15(6-7-17(12)20)24-19(25)22-9-8-16-11-26-18(23-16)13-2-4-14(21)5-3-13/h2-7,10-11H,8-9H2,1H3,(H2,22,24,25). The van der Waals surface area contributed by atoms with Crippen LogP contribution < -0.4 is 10.6 Å². The Hall–Kier alpha value is -2.67. The molecule has 0 spiro atoms. The number of aryl methyl sites for hydroxylation is 1. The van der Waals surface area contributed by atoms with Crippen molar-refractivity contribution in [3.05, 3.63) is 70.3 Å². The van der Waals surface area contributed by atoms with Crippen LogP contribution in [0.3, 0.4) is 0 Å². The van der Waals surface area contributed by atoms with Gasteiger partial charge >= 0.3 is 6.03 Å². The van der Waals surface area contributed by atoms with Crippen molar-refractivity contribution >= 4 is 27.6 Å². The Kier molecular flexibility index (Phi) is 5.68. The smallest absolute Gasteiger partial charge is 0.319 e. The van der Waals surface area contributed by atoms with Gasteiger partial charge in [-0.15, -0.1) is 0 Å². The van der Waals surface area contributed by atoms with Crippen molar-refractivity contribution in [2.75, 3.05) is 11.9 Å². The molecule has 0 aliphatic rings. The summed E-state index contributed by atoms with van der Waals surface area (Å²) >= 11 is 3.42. The summed E-state index contributed by atoms with van der Waals surface area (Å²) in [5, 5.41) is 5.56. The number of halogens is 2. The molecular formula is C19H17BrFN3O2. The molecule has 0 saturated carbocycles. The van der Waals surface area contributed by atoms with E-state index in [-0.39, 0.29) is 11.8 Å². The first-order valence-electron chi connectivity index (χ1n) is 8.02. The second kappa shape index (κ2) is 8.14. The Morgan fingerprint density at radius 3 is 2.73 bits per heavy atom. The molecule has 2 amide bonds. The molecule has 0 atom stereocenters. The molecule has 26 heavy (non-hydrogen) atoms. The molecule has 0 unspecified atom stereocenters. The van der Waals surface area contributed by atoms with Gasteiger partial charge < -0.3 is 15.1 Å². The SMILES string of the molecule is Cc1cc(NC(=O)NCCc2coc(-c3ccc(F)cc3)n2)ccc1Br. The van der Waals surface area contributed by atoms with Crippen LogP contribution in [0.2, 0.25) is 0 Å². The summed E-state index contributed by atoms with van der Waals surface area (Å²) in [6, 6.07) is 11.2. The Labute approximate surface area is 158 Å². The zero-order valence-electron chi connectivity index (χ0n) is 14.1. The molecule has 2 N–H and O–H groups in total. The van der Waals surface area contributed by atoms with Crippen molar-refractivity contribution in [2.45, 2.75) is 13.3 Å². The normalized spacial score (nSPS) is 10.6. The summed E-state index contributed by atoms with van der Waals surface area (Å²) in [5.41, 5.74) is 3.18. The van der Waals surface area contributed by atoms with Gasteiger partial charge in [0.15, 0.2) is 0 Å². The lowest BCUT2D eigenvalue weighted by molar-refractivity contribution is 0.252. The number of aromatic nitrogens is 1. The summed E-state index contributed by atoms with van der Waals surface area (Å²) in [4.78, 5) is 16.3. The van der Waals surface area contributed by atoms with Gasteiger partial charge in [-0.05, 0) is 55.0 Å². The molecule has 3 rings (SSSR count). The molecule has 2 aromatic carbocycles. The van der Waals surface area contributed by atoms with E-state index in [9.17, 15) is 9.18 Å². The minimum Gasteiger partial charge on any atom is -0.444 e. The van der Waals surface area contributed by atoms with Crippen LogP contribution in [0.15, 0.2) is 57.6 Å². The molecule has 0 aliphatic heterocycles. The molecule has 134 valence electrons. The van der Waals surface area contributed by atoms with Gasteiger partial charge in [-0.1, -0.05) is 15.9 Å². The molecule has 0 aliphatic carbocycles. The molecule has 7 heteroatoms. The van der Waals surface area contributed by atoms with Crippen molar-refractivity contribution in [1.29, 1.82) is 0 Å². The van der Waals surface area contributed by atoms with Crippen LogP contribution in [-0.4, -0.2) is 17.6 Å². The van der Waals surface area contributed by atoms with E-state index in [1.165, 1.54) is 18.4 Å². The van der Waals surface area contributed by atoms with E-state index < -0.39 is 0 Å². The van der Waals surface area contributed by atoms with Gasteiger partial charge in [0.25, 0.3) is 0 Å². The van der Waals surface area contributed by atoms with E-state index in [0.717, 1.165) is 15.7 Å². The average molecular weight is 418 g/mol. The van der Waals surface area contributed by atoms with Crippen molar-refractivity contribution in [2.24, 2.45) is 0 Å². The summed E-state index contributed by atoms with van der Waals surface area (Å²) < 4.78 is 19.3. The Balaban J connectivity index is 1.49. The number of oxazole rings is 1. The van der Waals surface area contributed by atoms with Gasteiger partial charge in [-0.25, -0.2) is 14.2 Å². The molecule has 0 saturated heterocycles. The number of benzene rings is 2. The first-order valence-corrected chi connectivity index (χ1v) is 8.82. The number of carbonyl (C=O) groups excluding carboxylic acids is 1. The van der Waals surface area contributed by atoms with E-state index in [1.54, 1.807) is 12.1 Å². The van der Waals surface area contributed by atoms with E-state index in [4.69, 9.17) is 4.42 Å². The second-order valence-electron chi connectivity index (χ2n) is 5.75. The van der Waals surface area contributed by atoms with Crippen molar-refractivity contribution in [1.82, 2.24) is 10.3 Å². The fourth-order valence-corrected chi connectivity index (χ4v) is 2.60. The van der Waals surface area contributed by atoms with Crippen molar-refractivity contribution in [3.8, 4) is 11.5 Å². The van der Waals surface area contributed by atoms with E-state index >= 15 is 0 Å². The van der Waals surface area contributed by atoms with E-state index in [0.29, 0.717) is 30.1 Å². The quantitative estimate of drug-likeness (QED) is 0.619. The van der Waals surface area contributed by atoms with Gasteiger partial charge in [0.1, 0.15) is 12.1 Å². The maximum absolute atomic E-state index is 12.9. The largest absolute Gasteiger partial charge is 0.444 e. The van der Waals surface area contributed by atoms with Crippen LogP contribution in [0.25, 0.3) is 11.5 Å². The van der Waals surface area contributed by atoms with E-state index in [2.05, 4.69) is 31.5 Å². The molecule has 1 heterocycles. The summed E-state index contributed by atoms with van der Waals surface area (Å²) in [6.45, 7) is 2.37. The van der Waals surface area contributed by atoms with Gasteiger partial charge in [0, 0.05) is 28.7 Å². The highest BCUT2D eigenvalue weighted by Crippen LogP contribution is 2.20. The molecule has 5 nitrogen and oxygen atoms in total. The fourth-order valence-electron chi connectivity index (χ4n) is 2.35. The van der Waals surface area contributed by atoms with Crippen LogP contribution in [0.1, 0.15) is 11.3 Å². The van der Waals surface area contributed by atoms with Gasteiger partial charge in [0.2, 0.25) is 5.89 Å². The number of urea groups is 1. The number of carbonyl (C=O) groups is 1. The lowest BCUT2D eigenvalue weighted by Crippen LogP contribution is -2.30. The lowest BCUT2D eigenvalue weighted by atomic mass is 10.2. The highest BCUT2D eigenvalue weighted by molar-refractivity contribution is 9.10. The topological polar surface area (TPSA) is 67.2 Å². The van der Waals surface area contributed by atoms with Gasteiger partial charge in [0.05, 0.1) is 5.69 Å². The van der Waals surface area contributed by atoms with Crippen LogP contribution in [0.4, 0.5) is 14.9 Å². The number of anilines is 1. The average Bonchev–Trinajstić information content (AvgIpc) is 3.08. The fraction of sp³-hybridized carbons (Fsp3) is 0.158. The third kappa shape index (κ3) is 4.70. The molecule has 0 bridgehead atoms. The van der Waals surface area contributed by atoms with Gasteiger partial charge in [-0.2, -0.15) is 0 Å². The lowest BCUT2D eigenvalue weighted by Gasteiger charge is -2.08. The predicted molar refractivity (Wildman–Crippen MR) is 102 cm³/mol. The van der Waals surface area contributed by atoms with Crippen LogP contribution in [-0.2, 0) is 6.42 Å². The highest BCUT2D eigenvalue weighted by Gasteiger charge is 2.08. The number of nitrogens with zero attached hydrogens (tertiary/aromatic N) is 1. The molecule has 0 radical (unpaired) electrons. The minimum atomic E-state index is -0.309. The zero-order valence-corrected chi connectivity index (χ0v) is 15.6. The Bertz CT molecular complexity index is 909. The van der Waals surface area contributed by atoms with E-state index in [1.807, 2.05) is 25.1 Å². The second-order valence-corrected chi connectivity index (χ2v) is 6.60. The molecular weight excluding hydrogens is 401 g/mol. The monoisotopic (exact) mass is 417 g/mol. The Morgan fingerprint density at radius 1 is 1.23 bits per heavy atom. The number of hydrogen-bond donors (Lipinski definition) is 2. The van der Waals surface area contributed by atoms with Crippen LogP contribution in [0.5, 0.6) is 0 Å². The van der Waals surface area contributed by atoms with Crippen molar-refractivity contribution in [3.63, 3.8) is 0 Å². The van der Waals surface area contributed by atoms with Crippen LogP contribution in [0, 0.1) is 12.7 Å². The first-order chi connectivity index (χ1) is 12.5. The zero-order chi connectivity index (χ0) is 18.5. The molecule has 1 aromatic heterocycles. The Morgan fingerprint density at radius 2 is 2.00 bits per heavy atom. The maximum atomic E-state index is 12.9. The number of rotatable bonds is 5. The number of nitrogens with one attached hydrogen (secondary N) is 2. The number of amides is 2. The summed E-state index contributed by atoms with van der Waals surface area (Å²) in [6.07, 6.45) is 2.06. The van der Waals surface area contributed by atoms with Gasteiger partial charge in [-0.3, -0.25) is 0 Å². The van der Waals surface area contributed by atoms with Crippen molar-refractivity contribution < 1.29 is 13.6 Å². The summed E-state index contributed by atoms with van der Waals surface area (Å²) in [5.74, 6) is 0.117. The molecule has 0 fully saturated rings. The molecule has 3 aromatic rings. The highest BCUT2D eigenvalue weighted by atomic mass is 79.9. The number of hydrogen-bond acceptors (Lipinski definition) is 3.